The molecule has 5 N–H and O–H groups in total. The molecule has 3 heterocycles. The second-order valence-electron chi connectivity index (χ2n) is 11.1. The Morgan fingerprint density at radius 3 is 2.49 bits per heavy atom. The average molecular weight is 600 g/mol. The Labute approximate surface area is 255 Å². The number of aromatic nitrogens is 3. The minimum atomic E-state index is -0.343. The lowest BCUT2D eigenvalue weighted by molar-refractivity contribution is 0.312. The van der Waals surface area contributed by atoms with Crippen LogP contribution in [-0.4, -0.2) is 86.8 Å². The number of nitrogens with zero attached hydrogens (tertiary/aromatic N) is 4. The lowest BCUT2D eigenvalue weighted by atomic mass is 10.0. The highest BCUT2D eigenvalue weighted by atomic mass is 31.1. The summed E-state index contributed by atoms with van der Waals surface area (Å²) in [5.41, 5.74) is 7.83. The highest BCUT2D eigenvalue weighted by molar-refractivity contribution is 7.64. The monoisotopic (exact) mass is 599 g/mol. The van der Waals surface area contributed by atoms with Gasteiger partial charge in [0.1, 0.15) is 17.2 Å². The standard InChI is InChI=1S/C32H42N9OP/c1-20-8-9-25(29(21(20)2)43(6)7)36-31-23-10-11-35-30(23)38-32(39-31)37-26-16-24(22(18-33)19-34-3)27(17-28(26)42-5)41-14-12-40(4)13-15-41/h8-11,16-19,33-34H,12-15H2,1-7H3,(H3,35,36,37,38,39)/b22-19+,33-18?. The molecule has 0 spiro atoms. The number of likely N-dealkylation sites (N-methyl/N-ethyl adjacent to an activating group) is 1. The first-order chi connectivity index (χ1) is 20.7. The Bertz CT molecular complexity index is 1650. The lowest BCUT2D eigenvalue weighted by Gasteiger charge is -2.35. The molecule has 0 bridgehead atoms. The second kappa shape index (κ2) is 13.0. The van der Waals surface area contributed by atoms with Crippen molar-refractivity contribution in [3.05, 3.63) is 59.4 Å². The maximum atomic E-state index is 8.17. The molecule has 2 aromatic carbocycles. The van der Waals surface area contributed by atoms with E-state index in [-0.39, 0.29) is 7.92 Å². The van der Waals surface area contributed by atoms with Crippen molar-refractivity contribution < 1.29 is 4.74 Å². The number of hydrogen-bond acceptors (Lipinski definition) is 9. The van der Waals surface area contributed by atoms with Gasteiger partial charge in [-0.1, -0.05) is 14.0 Å². The zero-order chi connectivity index (χ0) is 30.7. The zero-order valence-electron chi connectivity index (χ0n) is 26.1. The third kappa shape index (κ3) is 6.31. The Morgan fingerprint density at radius 1 is 1.05 bits per heavy atom. The van der Waals surface area contributed by atoms with Gasteiger partial charge in [0.25, 0.3) is 0 Å². The third-order valence-electron chi connectivity index (χ3n) is 7.99. The van der Waals surface area contributed by atoms with E-state index in [0.717, 1.165) is 65.5 Å². The first-order valence-corrected chi connectivity index (χ1v) is 16.7. The normalized spacial score (nSPS) is 14.3. The number of H-pyrrole nitrogens is 1. The van der Waals surface area contributed by atoms with Gasteiger partial charge in [-0.25, -0.2) is 0 Å². The van der Waals surface area contributed by atoms with Crippen LogP contribution in [0.15, 0.2) is 42.7 Å². The van der Waals surface area contributed by atoms with Crippen molar-refractivity contribution in [2.45, 2.75) is 13.8 Å². The zero-order valence-corrected chi connectivity index (χ0v) is 27.0. The molecular weight excluding hydrogens is 557 g/mol. The van der Waals surface area contributed by atoms with E-state index in [1.54, 1.807) is 7.11 Å². The summed E-state index contributed by atoms with van der Waals surface area (Å²) in [4.78, 5) is 17.7. The number of ether oxygens (including phenoxy) is 1. The summed E-state index contributed by atoms with van der Waals surface area (Å²) in [5, 5.41) is 20.6. The number of aromatic amines is 1. The summed E-state index contributed by atoms with van der Waals surface area (Å²) in [6, 6.07) is 10.4. The first kappa shape index (κ1) is 30.3. The highest BCUT2D eigenvalue weighted by Crippen LogP contribution is 2.39. The van der Waals surface area contributed by atoms with Crippen molar-refractivity contribution in [3.63, 3.8) is 0 Å². The molecule has 5 rings (SSSR count). The molecule has 226 valence electrons. The number of benzene rings is 2. The summed E-state index contributed by atoms with van der Waals surface area (Å²) < 4.78 is 5.89. The van der Waals surface area contributed by atoms with Crippen LogP contribution < -0.4 is 30.9 Å². The van der Waals surface area contributed by atoms with Gasteiger partial charge in [0.15, 0.2) is 0 Å². The quantitative estimate of drug-likeness (QED) is 0.122. The molecule has 43 heavy (non-hydrogen) atoms. The molecular formula is C32H42N9OP. The van der Waals surface area contributed by atoms with Crippen LogP contribution in [0.25, 0.3) is 16.6 Å². The van der Waals surface area contributed by atoms with Gasteiger partial charge in [-0.2, -0.15) is 9.97 Å². The van der Waals surface area contributed by atoms with E-state index in [9.17, 15) is 0 Å². The van der Waals surface area contributed by atoms with Gasteiger partial charge in [-0.05, 0) is 63.6 Å². The second-order valence-corrected chi connectivity index (χ2v) is 13.3. The van der Waals surface area contributed by atoms with Crippen molar-refractivity contribution in [2.75, 3.05) is 76.2 Å². The van der Waals surface area contributed by atoms with Crippen molar-refractivity contribution in [1.29, 1.82) is 5.41 Å². The maximum absolute atomic E-state index is 8.17. The fourth-order valence-electron chi connectivity index (χ4n) is 5.55. The fraction of sp³-hybridized carbons (Fsp3) is 0.344. The summed E-state index contributed by atoms with van der Waals surface area (Å²) in [6.45, 7) is 12.6. The van der Waals surface area contributed by atoms with Crippen molar-refractivity contribution in [2.24, 2.45) is 0 Å². The third-order valence-corrected chi connectivity index (χ3v) is 9.46. The molecule has 1 fully saturated rings. The number of fused-ring (bicyclic) bond motifs is 1. The molecule has 0 amide bonds. The van der Waals surface area contributed by atoms with Gasteiger partial charge < -0.3 is 40.9 Å². The van der Waals surface area contributed by atoms with E-state index in [0.29, 0.717) is 17.4 Å². The summed E-state index contributed by atoms with van der Waals surface area (Å²) in [5.74, 6) is 1.83. The molecule has 0 aliphatic carbocycles. The van der Waals surface area contributed by atoms with Crippen LogP contribution in [0.5, 0.6) is 5.75 Å². The van der Waals surface area contributed by atoms with E-state index >= 15 is 0 Å². The van der Waals surface area contributed by atoms with Crippen molar-refractivity contribution in [1.82, 2.24) is 25.2 Å². The van der Waals surface area contributed by atoms with Crippen LogP contribution in [0.2, 0.25) is 0 Å². The van der Waals surface area contributed by atoms with Crippen LogP contribution in [0, 0.1) is 19.3 Å². The van der Waals surface area contributed by atoms with Crippen LogP contribution in [-0.2, 0) is 0 Å². The van der Waals surface area contributed by atoms with Crippen LogP contribution in [0.3, 0.4) is 0 Å². The van der Waals surface area contributed by atoms with Gasteiger partial charge in [0.05, 0.1) is 18.2 Å². The van der Waals surface area contributed by atoms with E-state index in [4.69, 9.17) is 20.1 Å². The number of nitrogens with one attached hydrogen (secondary N) is 5. The Kier molecular flexibility index (Phi) is 9.18. The topological polar surface area (TPSA) is 117 Å². The first-order valence-electron chi connectivity index (χ1n) is 14.4. The molecule has 0 atom stereocenters. The molecule has 1 aliphatic heterocycles. The number of aryl methyl sites for hydroxylation is 1. The smallest absolute Gasteiger partial charge is 0.231 e. The molecule has 0 radical (unpaired) electrons. The summed E-state index contributed by atoms with van der Waals surface area (Å²) in [6.07, 6.45) is 5.10. The molecule has 1 saturated heterocycles. The Morgan fingerprint density at radius 2 is 1.81 bits per heavy atom. The van der Waals surface area contributed by atoms with Gasteiger partial charge in [0.2, 0.25) is 5.95 Å². The molecule has 0 unspecified atom stereocenters. The molecule has 11 heteroatoms. The van der Waals surface area contributed by atoms with E-state index in [2.05, 4.69) is 83.2 Å². The minimum Gasteiger partial charge on any atom is -0.494 e. The van der Waals surface area contributed by atoms with Gasteiger partial charge in [-0.15, -0.1) is 0 Å². The van der Waals surface area contributed by atoms with E-state index in [1.165, 1.54) is 22.6 Å². The number of anilines is 5. The number of allylic oxidation sites excluding steroid dienone is 1. The average Bonchev–Trinajstić information content (AvgIpc) is 3.47. The van der Waals surface area contributed by atoms with E-state index in [1.807, 2.05) is 31.6 Å². The number of hydrogen-bond donors (Lipinski definition) is 5. The van der Waals surface area contributed by atoms with Gasteiger partial charge in [-0.3, -0.25) is 0 Å². The Balaban J connectivity index is 1.58. The number of piperazine rings is 1. The number of rotatable bonds is 10. The van der Waals surface area contributed by atoms with Crippen LogP contribution >= 0.6 is 7.92 Å². The van der Waals surface area contributed by atoms with Gasteiger partial charge in [0, 0.05) is 85.7 Å². The van der Waals surface area contributed by atoms with Crippen molar-refractivity contribution >= 4 is 64.9 Å². The Hall–Kier alpha value is -4.14. The molecule has 10 nitrogen and oxygen atoms in total. The largest absolute Gasteiger partial charge is 0.494 e. The minimum absolute atomic E-state index is 0.343. The summed E-state index contributed by atoms with van der Waals surface area (Å²) in [7, 11) is 5.32. The van der Waals surface area contributed by atoms with Crippen LogP contribution in [0.4, 0.5) is 28.8 Å². The fourth-order valence-corrected chi connectivity index (χ4v) is 7.01. The SMILES string of the molecule is CN/C=C(\C=N)c1cc(Nc2nc(Nc3ccc(C)c(C)c3P(C)C)c3cc[nH]c3n2)c(OC)cc1N1CCN(C)CC1. The highest BCUT2D eigenvalue weighted by Gasteiger charge is 2.22. The summed E-state index contributed by atoms with van der Waals surface area (Å²) >= 11 is 0. The van der Waals surface area contributed by atoms with Crippen LogP contribution in [0.1, 0.15) is 16.7 Å². The maximum Gasteiger partial charge on any atom is 0.231 e. The molecule has 1 aliphatic rings. The van der Waals surface area contributed by atoms with Crippen molar-refractivity contribution in [3.8, 4) is 5.75 Å². The molecule has 4 aromatic rings. The predicted octanol–water partition coefficient (Wildman–Crippen LogP) is 5.40. The lowest BCUT2D eigenvalue weighted by Crippen LogP contribution is -2.44. The molecule has 0 saturated carbocycles. The predicted molar refractivity (Wildman–Crippen MR) is 183 cm³/mol. The molecule has 2 aromatic heterocycles. The van der Waals surface area contributed by atoms with Gasteiger partial charge >= 0.3 is 0 Å². The van der Waals surface area contributed by atoms with E-state index < -0.39 is 0 Å². The number of methoxy groups -OCH3 is 1.